The van der Waals surface area contributed by atoms with E-state index in [1.807, 2.05) is 12.1 Å². The number of rotatable bonds is 2. The van der Waals surface area contributed by atoms with E-state index in [-0.39, 0.29) is 28.8 Å². The van der Waals surface area contributed by atoms with Crippen molar-refractivity contribution in [1.82, 2.24) is 0 Å². The number of hydrogen-bond donors (Lipinski definition) is 2. The molecule has 4 heteroatoms. The van der Waals surface area contributed by atoms with Gasteiger partial charge < -0.3 is 19.7 Å². The van der Waals surface area contributed by atoms with Crippen LogP contribution in [-0.2, 0) is 9.47 Å². The molecular formula is C32H44O4. The number of phenols is 1. The summed E-state index contributed by atoms with van der Waals surface area (Å²) in [6, 6.07) is 7.08. The fraction of sp³-hybridized carbons (Fsp3) is 0.688. The topological polar surface area (TPSA) is 58.9 Å². The van der Waals surface area contributed by atoms with E-state index in [1.165, 1.54) is 12.8 Å². The Morgan fingerprint density at radius 2 is 1.75 bits per heavy atom. The Kier molecular flexibility index (Phi) is 5.62. The monoisotopic (exact) mass is 492 g/mol. The third-order valence-electron chi connectivity index (χ3n) is 11.6. The van der Waals surface area contributed by atoms with Crippen LogP contribution in [0.5, 0.6) is 5.75 Å². The van der Waals surface area contributed by atoms with Crippen LogP contribution in [0.2, 0.25) is 0 Å². The van der Waals surface area contributed by atoms with E-state index in [4.69, 9.17) is 9.47 Å². The molecule has 10 atom stereocenters. The fourth-order valence-corrected chi connectivity index (χ4v) is 9.68. The number of aliphatic hydroxyl groups excluding tert-OH is 1. The summed E-state index contributed by atoms with van der Waals surface area (Å²) in [7, 11) is 0. The van der Waals surface area contributed by atoms with Crippen molar-refractivity contribution < 1.29 is 19.7 Å². The molecule has 196 valence electrons. The van der Waals surface area contributed by atoms with Crippen LogP contribution in [0, 0.1) is 39.9 Å². The average Bonchev–Trinajstić information content (AvgIpc) is 3.40. The van der Waals surface area contributed by atoms with Crippen molar-refractivity contribution in [1.29, 1.82) is 0 Å². The van der Waals surface area contributed by atoms with E-state index in [2.05, 4.69) is 47.3 Å². The predicted molar refractivity (Wildman–Crippen MR) is 141 cm³/mol. The molecule has 36 heavy (non-hydrogen) atoms. The molecule has 1 heterocycles. The molecule has 4 fully saturated rings. The number of ether oxygens (including phenoxy) is 2. The Hall–Kier alpha value is -1.62. The lowest BCUT2D eigenvalue weighted by molar-refractivity contribution is -0.210. The summed E-state index contributed by atoms with van der Waals surface area (Å²) >= 11 is 0. The van der Waals surface area contributed by atoms with Gasteiger partial charge in [0.1, 0.15) is 11.9 Å². The van der Waals surface area contributed by atoms with Crippen molar-refractivity contribution in [2.75, 3.05) is 0 Å². The zero-order valence-electron chi connectivity index (χ0n) is 22.7. The highest BCUT2D eigenvalue weighted by molar-refractivity contribution is 5.33. The van der Waals surface area contributed by atoms with E-state index < -0.39 is 17.8 Å². The van der Waals surface area contributed by atoms with Crippen LogP contribution in [0.1, 0.15) is 85.0 Å². The lowest BCUT2D eigenvalue weighted by Crippen LogP contribution is -2.64. The van der Waals surface area contributed by atoms with Crippen LogP contribution < -0.4 is 0 Å². The van der Waals surface area contributed by atoms with Gasteiger partial charge in [-0.3, -0.25) is 0 Å². The molecular weight excluding hydrogens is 448 g/mol. The standard InChI is InChI=1S/C32H44O4/c1-18(2)22-13-15-30(4)23(22)14-16-31(5)24-12-7-19(3)27-28(32(24,6)26(34)17-25(30)31)36-29(35-27)20-8-10-21(33)11-9-20/h8-11,14,18,22,24-29,33-34H,3,7,12-13,15-17H2,1-2,4-6H3/t22-,24+,25-,26-,27-,28+,29-,30+,31+,32-/m0/s1. The molecule has 0 unspecified atom stereocenters. The zero-order chi connectivity index (χ0) is 25.6. The number of allylic oxidation sites excluding steroid dienone is 2. The number of aliphatic hydroxyl groups is 1. The van der Waals surface area contributed by atoms with Crippen LogP contribution in [0.25, 0.3) is 0 Å². The molecule has 0 spiro atoms. The first-order chi connectivity index (χ1) is 17.0. The summed E-state index contributed by atoms with van der Waals surface area (Å²) in [6.45, 7) is 16.5. The highest BCUT2D eigenvalue weighted by Gasteiger charge is 2.68. The van der Waals surface area contributed by atoms with E-state index in [0.29, 0.717) is 23.7 Å². The lowest BCUT2D eigenvalue weighted by Gasteiger charge is -2.64. The average molecular weight is 493 g/mol. The maximum Gasteiger partial charge on any atom is 0.185 e. The van der Waals surface area contributed by atoms with Crippen molar-refractivity contribution in [3.05, 3.63) is 53.6 Å². The minimum absolute atomic E-state index is 0.104. The Morgan fingerprint density at radius 1 is 1.03 bits per heavy atom. The van der Waals surface area contributed by atoms with Gasteiger partial charge in [0.2, 0.25) is 0 Å². The van der Waals surface area contributed by atoms with Crippen LogP contribution in [-0.4, -0.2) is 28.5 Å². The minimum Gasteiger partial charge on any atom is -0.508 e. The van der Waals surface area contributed by atoms with Gasteiger partial charge in [0, 0.05) is 11.0 Å². The molecule has 5 aliphatic rings. The molecule has 4 nitrogen and oxygen atoms in total. The summed E-state index contributed by atoms with van der Waals surface area (Å²) in [5.41, 5.74) is 3.52. The first-order valence-corrected chi connectivity index (χ1v) is 14.2. The van der Waals surface area contributed by atoms with Gasteiger partial charge in [-0.25, -0.2) is 0 Å². The molecule has 6 rings (SSSR count). The van der Waals surface area contributed by atoms with Gasteiger partial charge in [-0.05, 0) is 90.7 Å². The highest BCUT2D eigenvalue weighted by atomic mass is 16.7. The summed E-state index contributed by atoms with van der Waals surface area (Å²) in [5.74, 6) is 2.38. The third-order valence-corrected chi connectivity index (χ3v) is 11.6. The second kappa shape index (κ2) is 8.19. The van der Waals surface area contributed by atoms with E-state index in [9.17, 15) is 10.2 Å². The first-order valence-electron chi connectivity index (χ1n) is 14.2. The summed E-state index contributed by atoms with van der Waals surface area (Å²) < 4.78 is 13.2. The maximum absolute atomic E-state index is 12.1. The fourth-order valence-electron chi connectivity index (χ4n) is 9.68. The SMILES string of the molecule is C=C1CC[C@@H]2[C@@]3(C)CC=C4[C@H](C(C)C)CC[C@@]4(C)[C@@H]3C[C@H](O)[C@@]2(C)[C@@H]2O[C@@H](c3ccc(O)cc3)O[C@@H]12. The number of phenolic OH excluding ortho intramolecular Hbond substituents is 1. The van der Waals surface area contributed by atoms with E-state index in [1.54, 1.807) is 17.7 Å². The number of benzene rings is 1. The lowest BCUT2D eigenvalue weighted by atomic mass is 9.41. The first kappa shape index (κ1) is 24.7. The second-order valence-electron chi connectivity index (χ2n) is 13.6. The Morgan fingerprint density at radius 3 is 2.44 bits per heavy atom. The molecule has 0 bridgehead atoms. The van der Waals surface area contributed by atoms with Crippen molar-refractivity contribution in [3.63, 3.8) is 0 Å². The minimum atomic E-state index is -0.511. The molecule has 3 saturated carbocycles. The van der Waals surface area contributed by atoms with Gasteiger partial charge in [-0.1, -0.05) is 65.0 Å². The number of fused-ring (bicyclic) bond motifs is 7. The molecule has 0 radical (unpaired) electrons. The highest BCUT2D eigenvalue weighted by Crippen LogP contribution is 2.71. The van der Waals surface area contributed by atoms with Gasteiger partial charge in [0.25, 0.3) is 0 Å². The number of aromatic hydroxyl groups is 1. The summed E-state index contributed by atoms with van der Waals surface area (Å²) in [5, 5.41) is 21.8. The van der Waals surface area contributed by atoms with Gasteiger partial charge in [-0.15, -0.1) is 0 Å². The summed E-state index contributed by atoms with van der Waals surface area (Å²) in [6.07, 6.45) is 7.55. The molecule has 4 aliphatic carbocycles. The molecule has 1 saturated heterocycles. The largest absolute Gasteiger partial charge is 0.508 e. The van der Waals surface area contributed by atoms with Gasteiger partial charge in [0.05, 0.1) is 12.2 Å². The Labute approximate surface area is 216 Å². The van der Waals surface area contributed by atoms with Crippen molar-refractivity contribution in [2.24, 2.45) is 39.9 Å². The van der Waals surface area contributed by atoms with E-state index >= 15 is 0 Å². The van der Waals surface area contributed by atoms with Gasteiger partial charge in [-0.2, -0.15) is 0 Å². The summed E-state index contributed by atoms with van der Waals surface area (Å²) in [4.78, 5) is 0. The molecule has 1 aromatic carbocycles. The quantitative estimate of drug-likeness (QED) is 0.439. The molecule has 2 N–H and O–H groups in total. The van der Waals surface area contributed by atoms with Crippen molar-refractivity contribution >= 4 is 0 Å². The van der Waals surface area contributed by atoms with Crippen molar-refractivity contribution in [3.8, 4) is 5.75 Å². The van der Waals surface area contributed by atoms with Gasteiger partial charge >= 0.3 is 0 Å². The van der Waals surface area contributed by atoms with Gasteiger partial charge in [0.15, 0.2) is 6.29 Å². The molecule has 1 aliphatic heterocycles. The Bertz CT molecular complexity index is 1070. The van der Waals surface area contributed by atoms with Crippen LogP contribution >= 0.6 is 0 Å². The van der Waals surface area contributed by atoms with Crippen LogP contribution in [0.4, 0.5) is 0 Å². The zero-order valence-corrected chi connectivity index (χ0v) is 22.7. The maximum atomic E-state index is 12.1. The second-order valence-corrected chi connectivity index (χ2v) is 13.6. The Balaban J connectivity index is 1.39. The molecule has 0 aromatic heterocycles. The van der Waals surface area contributed by atoms with Crippen LogP contribution in [0.15, 0.2) is 48.1 Å². The normalized spacial score (nSPS) is 48.0. The van der Waals surface area contributed by atoms with Crippen LogP contribution in [0.3, 0.4) is 0 Å². The number of hydrogen-bond acceptors (Lipinski definition) is 4. The van der Waals surface area contributed by atoms with E-state index in [0.717, 1.165) is 36.8 Å². The predicted octanol–water partition coefficient (Wildman–Crippen LogP) is 6.94. The molecule has 0 amide bonds. The smallest absolute Gasteiger partial charge is 0.185 e. The van der Waals surface area contributed by atoms with Crippen molar-refractivity contribution in [2.45, 2.75) is 97.7 Å². The third kappa shape index (κ3) is 3.23. The molecule has 1 aromatic rings.